The van der Waals surface area contributed by atoms with Gasteiger partial charge in [0, 0.05) is 24.7 Å². The van der Waals surface area contributed by atoms with Gasteiger partial charge in [-0.05, 0) is 110 Å². The molecule has 0 bridgehead atoms. The standard InChI is InChI=1S/C34H56O4/c1-20-13-16-32(8)28(38-23(4)36)19-34(10)24(29(32)21(20)2)11-12-26-31(7)17-15-27(37-22(3)35)30(5,6)25(31)14-18-33(26,34)9/h20-21,24-29H,11-19H2,1-10H3/t20-,21+,24?,25-,26?,27-,28-,29?,31-,32+,33+,34+/m0/s1. The predicted octanol–water partition coefficient (Wildman–Crippen LogP) is 8.22. The first-order chi connectivity index (χ1) is 17.5. The van der Waals surface area contributed by atoms with Crippen molar-refractivity contribution in [3.8, 4) is 0 Å². The lowest BCUT2D eigenvalue weighted by molar-refractivity contribution is -0.278. The predicted molar refractivity (Wildman–Crippen MR) is 151 cm³/mol. The smallest absolute Gasteiger partial charge is 0.302 e. The Morgan fingerprint density at radius 3 is 1.89 bits per heavy atom. The summed E-state index contributed by atoms with van der Waals surface area (Å²) < 4.78 is 12.2. The molecular formula is C34H56O4. The molecule has 0 radical (unpaired) electrons. The highest BCUT2D eigenvalue weighted by Crippen LogP contribution is 2.77. The number of hydrogen-bond donors (Lipinski definition) is 0. The van der Waals surface area contributed by atoms with Crippen LogP contribution in [0.4, 0.5) is 0 Å². The van der Waals surface area contributed by atoms with Crippen LogP contribution in [0.15, 0.2) is 0 Å². The number of carbonyl (C=O) groups excluding carboxylic acids is 2. The van der Waals surface area contributed by atoms with E-state index in [4.69, 9.17) is 9.47 Å². The zero-order valence-corrected chi connectivity index (χ0v) is 26.1. The molecule has 0 heterocycles. The SMILES string of the molecule is CC(=O)O[C@H]1CC[C@]2(C)C3CCC4C5[C@H](C)[C@@H](C)CC[C@]5(C)[C@@H](OC(C)=O)C[C@@]4(C)[C@]3(C)CC[C@H]2C1(C)C. The van der Waals surface area contributed by atoms with Crippen molar-refractivity contribution in [1.82, 2.24) is 0 Å². The fourth-order valence-corrected chi connectivity index (χ4v) is 12.4. The minimum Gasteiger partial charge on any atom is -0.462 e. The van der Waals surface area contributed by atoms with Crippen molar-refractivity contribution in [2.24, 2.45) is 62.6 Å². The van der Waals surface area contributed by atoms with Crippen LogP contribution < -0.4 is 0 Å². The summed E-state index contributed by atoms with van der Waals surface area (Å²) in [5.74, 6) is 3.62. The fraction of sp³-hybridized carbons (Fsp3) is 0.941. The number of fused-ring (bicyclic) bond motifs is 7. The molecule has 38 heavy (non-hydrogen) atoms. The second-order valence-electron chi connectivity index (χ2n) is 16.3. The van der Waals surface area contributed by atoms with Crippen LogP contribution >= 0.6 is 0 Å². The van der Waals surface area contributed by atoms with Gasteiger partial charge >= 0.3 is 11.9 Å². The van der Waals surface area contributed by atoms with Crippen LogP contribution in [-0.2, 0) is 19.1 Å². The lowest BCUT2D eigenvalue weighted by Gasteiger charge is -2.74. The van der Waals surface area contributed by atoms with Crippen LogP contribution in [0.1, 0.15) is 127 Å². The second-order valence-corrected chi connectivity index (χ2v) is 16.3. The van der Waals surface area contributed by atoms with Crippen molar-refractivity contribution in [2.45, 2.75) is 139 Å². The van der Waals surface area contributed by atoms with Gasteiger partial charge in [0.1, 0.15) is 12.2 Å². The third-order valence-electron chi connectivity index (χ3n) is 14.6. The van der Waals surface area contributed by atoms with Crippen molar-refractivity contribution in [1.29, 1.82) is 0 Å². The summed E-state index contributed by atoms with van der Waals surface area (Å²) in [4.78, 5) is 24.4. The van der Waals surface area contributed by atoms with Gasteiger partial charge in [-0.15, -0.1) is 0 Å². The van der Waals surface area contributed by atoms with E-state index in [2.05, 4.69) is 55.4 Å². The van der Waals surface area contributed by atoms with Gasteiger partial charge in [-0.2, -0.15) is 0 Å². The van der Waals surface area contributed by atoms with Gasteiger partial charge < -0.3 is 9.47 Å². The molecule has 5 rings (SSSR count). The van der Waals surface area contributed by atoms with Crippen molar-refractivity contribution in [3.05, 3.63) is 0 Å². The van der Waals surface area contributed by atoms with Crippen molar-refractivity contribution < 1.29 is 19.1 Å². The molecule has 5 aliphatic carbocycles. The molecule has 5 aliphatic rings. The van der Waals surface area contributed by atoms with Gasteiger partial charge in [0.2, 0.25) is 0 Å². The first-order valence-electron chi connectivity index (χ1n) is 15.9. The second kappa shape index (κ2) is 8.97. The Morgan fingerprint density at radius 1 is 0.658 bits per heavy atom. The maximum atomic E-state index is 12.5. The summed E-state index contributed by atoms with van der Waals surface area (Å²) in [5.41, 5.74) is 0.666. The van der Waals surface area contributed by atoms with Gasteiger partial charge in [-0.1, -0.05) is 55.4 Å². The maximum absolute atomic E-state index is 12.5. The first kappa shape index (κ1) is 28.5. The highest BCUT2D eigenvalue weighted by Gasteiger charge is 2.72. The van der Waals surface area contributed by atoms with Crippen LogP contribution in [0.5, 0.6) is 0 Å². The largest absolute Gasteiger partial charge is 0.462 e. The van der Waals surface area contributed by atoms with E-state index in [0.29, 0.717) is 29.6 Å². The topological polar surface area (TPSA) is 52.6 Å². The lowest BCUT2D eigenvalue weighted by atomic mass is 9.31. The molecule has 12 atom stereocenters. The molecule has 0 aliphatic heterocycles. The molecule has 0 saturated heterocycles. The number of hydrogen-bond acceptors (Lipinski definition) is 4. The molecule has 4 nitrogen and oxygen atoms in total. The monoisotopic (exact) mass is 528 g/mol. The van der Waals surface area contributed by atoms with Crippen molar-refractivity contribution in [2.75, 3.05) is 0 Å². The quantitative estimate of drug-likeness (QED) is 0.339. The number of carbonyl (C=O) groups is 2. The Labute approximate surface area is 232 Å². The molecule has 5 fully saturated rings. The Bertz CT molecular complexity index is 972. The maximum Gasteiger partial charge on any atom is 0.302 e. The number of ether oxygens (including phenoxy) is 2. The zero-order chi connectivity index (χ0) is 28.1. The zero-order valence-electron chi connectivity index (χ0n) is 26.1. The van der Waals surface area contributed by atoms with E-state index < -0.39 is 0 Å². The summed E-state index contributed by atoms with van der Waals surface area (Å²) in [6, 6.07) is 0. The molecule has 0 spiro atoms. The van der Waals surface area contributed by atoms with Gasteiger partial charge in [0.15, 0.2) is 0 Å². The van der Waals surface area contributed by atoms with E-state index in [0.717, 1.165) is 25.2 Å². The number of esters is 2. The van der Waals surface area contributed by atoms with Crippen LogP contribution in [0, 0.1) is 62.6 Å². The molecule has 3 unspecified atom stereocenters. The summed E-state index contributed by atoms with van der Waals surface area (Å²) in [6.07, 6.45) is 10.6. The van der Waals surface area contributed by atoms with E-state index in [9.17, 15) is 9.59 Å². The van der Waals surface area contributed by atoms with Gasteiger partial charge in [0.05, 0.1) is 0 Å². The van der Waals surface area contributed by atoms with Crippen LogP contribution in [-0.4, -0.2) is 24.1 Å². The summed E-state index contributed by atoms with van der Waals surface area (Å²) >= 11 is 0. The highest BCUT2D eigenvalue weighted by atomic mass is 16.5. The van der Waals surface area contributed by atoms with E-state index >= 15 is 0 Å². The van der Waals surface area contributed by atoms with E-state index in [1.807, 2.05) is 0 Å². The molecule has 0 aromatic carbocycles. The highest BCUT2D eigenvalue weighted by molar-refractivity contribution is 5.66. The Morgan fingerprint density at radius 2 is 1.26 bits per heavy atom. The molecule has 4 heteroatoms. The van der Waals surface area contributed by atoms with Crippen LogP contribution in [0.2, 0.25) is 0 Å². The average Bonchev–Trinajstić information content (AvgIpc) is 2.79. The Balaban J connectivity index is 1.55. The van der Waals surface area contributed by atoms with Crippen LogP contribution in [0.25, 0.3) is 0 Å². The normalized spacial score (nSPS) is 53.4. The fourth-order valence-electron chi connectivity index (χ4n) is 12.4. The third-order valence-corrected chi connectivity index (χ3v) is 14.6. The summed E-state index contributed by atoms with van der Waals surface area (Å²) in [7, 11) is 0. The minimum absolute atomic E-state index is 0.0125. The van der Waals surface area contributed by atoms with E-state index in [1.54, 1.807) is 13.8 Å². The Kier molecular flexibility index (Phi) is 6.72. The van der Waals surface area contributed by atoms with Gasteiger partial charge in [0.25, 0.3) is 0 Å². The molecule has 5 saturated carbocycles. The molecule has 0 N–H and O–H groups in total. The van der Waals surface area contributed by atoms with Crippen molar-refractivity contribution in [3.63, 3.8) is 0 Å². The van der Waals surface area contributed by atoms with E-state index in [1.165, 1.54) is 38.5 Å². The lowest BCUT2D eigenvalue weighted by Crippen LogP contribution is -2.69. The first-order valence-corrected chi connectivity index (χ1v) is 15.9. The molecule has 0 aromatic heterocycles. The summed E-state index contributed by atoms with van der Waals surface area (Å²) in [5, 5.41) is 0. The molecule has 216 valence electrons. The summed E-state index contributed by atoms with van der Waals surface area (Å²) in [6.45, 7) is 23.2. The molecule has 0 aromatic rings. The number of rotatable bonds is 2. The minimum atomic E-state index is -0.141. The third kappa shape index (κ3) is 3.73. The molecular weight excluding hydrogens is 472 g/mol. The molecule has 0 amide bonds. The van der Waals surface area contributed by atoms with Crippen LogP contribution in [0.3, 0.4) is 0 Å². The van der Waals surface area contributed by atoms with Gasteiger partial charge in [-0.25, -0.2) is 0 Å². The van der Waals surface area contributed by atoms with Crippen molar-refractivity contribution >= 4 is 11.9 Å². The Hall–Kier alpha value is -1.06. The van der Waals surface area contributed by atoms with Gasteiger partial charge in [-0.3, -0.25) is 9.59 Å². The average molecular weight is 529 g/mol. The van der Waals surface area contributed by atoms with E-state index in [-0.39, 0.29) is 51.2 Å².